The molecule has 208 valence electrons. The predicted molar refractivity (Wildman–Crippen MR) is 157 cm³/mol. The van der Waals surface area contributed by atoms with E-state index in [9.17, 15) is 4.39 Å². The molecule has 2 heterocycles. The largest absolute Gasteiger partial charge is 0.497 e. The lowest BCUT2D eigenvalue weighted by molar-refractivity contribution is 0.276. The summed E-state index contributed by atoms with van der Waals surface area (Å²) in [7, 11) is 0.429. The highest BCUT2D eigenvalue weighted by molar-refractivity contribution is 6.48. The highest BCUT2D eigenvalue weighted by Crippen LogP contribution is 2.36. The second kappa shape index (κ2) is 12.2. The molecule has 1 aliphatic heterocycles. The molecule has 0 radical (unpaired) electrons. The van der Waals surface area contributed by atoms with Crippen LogP contribution in [0.3, 0.4) is 0 Å². The van der Waals surface area contributed by atoms with Crippen LogP contribution in [0.15, 0.2) is 67.1 Å². The van der Waals surface area contributed by atoms with Gasteiger partial charge in [0, 0.05) is 29.7 Å². The van der Waals surface area contributed by atoms with Crippen LogP contribution in [0.1, 0.15) is 56.0 Å². The van der Waals surface area contributed by atoms with Crippen molar-refractivity contribution in [3.8, 4) is 11.5 Å². The Hall–Kier alpha value is -3.36. The number of pyridine rings is 1. The second-order valence-corrected chi connectivity index (χ2v) is 13.6. The number of aromatic nitrogens is 1. The Bertz CT molecular complexity index is 1290. The first-order valence-electron chi connectivity index (χ1n) is 13.4. The molecule has 4 rings (SSSR count). The van der Waals surface area contributed by atoms with Crippen molar-refractivity contribution in [1.82, 2.24) is 9.88 Å². The van der Waals surface area contributed by atoms with Crippen molar-refractivity contribution in [2.75, 3.05) is 18.7 Å². The third-order valence-corrected chi connectivity index (χ3v) is 7.73. The lowest BCUT2D eigenvalue weighted by Gasteiger charge is -2.30. The third-order valence-electron chi connectivity index (χ3n) is 6.90. The van der Waals surface area contributed by atoms with Gasteiger partial charge in [-0.05, 0) is 73.0 Å². The van der Waals surface area contributed by atoms with E-state index in [2.05, 4.69) is 56.7 Å². The summed E-state index contributed by atoms with van der Waals surface area (Å²) in [5.74, 6) is 2.07. The zero-order valence-corrected chi connectivity index (χ0v) is 25.2. The van der Waals surface area contributed by atoms with Crippen LogP contribution in [-0.4, -0.2) is 32.7 Å². The van der Waals surface area contributed by atoms with Gasteiger partial charge in [-0.25, -0.2) is 9.37 Å². The molecule has 0 N–H and O–H groups in total. The van der Waals surface area contributed by atoms with Crippen LogP contribution >= 0.6 is 0 Å². The number of rotatable bonds is 10. The second-order valence-electron chi connectivity index (χ2n) is 11.2. The van der Waals surface area contributed by atoms with Gasteiger partial charge < -0.3 is 23.7 Å². The molecule has 0 fully saturated rings. The molecule has 8 heteroatoms. The van der Waals surface area contributed by atoms with Gasteiger partial charge in [-0.1, -0.05) is 32.9 Å². The summed E-state index contributed by atoms with van der Waals surface area (Å²) < 4.78 is 32.0. The minimum atomic E-state index is -1.21. The summed E-state index contributed by atoms with van der Waals surface area (Å²) in [6.45, 7) is 14.6. The van der Waals surface area contributed by atoms with Gasteiger partial charge in [0.1, 0.15) is 29.7 Å². The monoisotopic (exact) mass is 549 g/mol. The molecule has 0 aliphatic carbocycles. The van der Waals surface area contributed by atoms with Gasteiger partial charge >= 0.3 is 0 Å². The summed E-state index contributed by atoms with van der Waals surface area (Å²) in [5.41, 5.74) is 4.13. The number of hydrogen-bond donors (Lipinski definition) is 0. The molecule has 0 bridgehead atoms. The zero-order valence-electron chi connectivity index (χ0n) is 24.1. The topological polar surface area (TPSA) is 47.1 Å². The van der Waals surface area contributed by atoms with E-state index in [-0.39, 0.29) is 17.3 Å². The molecule has 3 aromatic rings. The molecular weight excluding hydrogens is 509 g/mol. The Kier molecular flexibility index (Phi) is 8.97. The first kappa shape index (κ1) is 28.6. The molecule has 1 aliphatic rings. The summed E-state index contributed by atoms with van der Waals surface area (Å²) in [5, 5.41) is 0. The smallest absolute Gasteiger partial charge is 0.171 e. The van der Waals surface area contributed by atoms with Crippen LogP contribution in [0.25, 0.3) is 0 Å². The number of nitrogens with zero attached hydrogens (tertiary/aromatic N) is 3. The Morgan fingerprint density at radius 3 is 2.44 bits per heavy atom. The molecular formula is C31H40FN3O3Si. The van der Waals surface area contributed by atoms with E-state index >= 15 is 0 Å². The lowest BCUT2D eigenvalue weighted by atomic mass is 9.84. The molecule has 0 amide bonds. The molecule has 39 heavy (non-hydrogen) atoms. The number of ether oxygens (including phenoxy) is 2. The van der Waals surface area contributed by atoms with Gasteiger partial charge in [0.2, 0.25) is 0 Å². The first-order valence-corrected chi connectivity index (χ1v) is 16.2. The minimum absolute atomic E-state index is 0.0387. The average molecular weight is 550 g/mol. The molecule has 6 nitrogen and oxygen atoms in total. The molecule has 1 aromatic heterocycles. The molecule has 0 spiro atoms. The SMILES string of the molecule is COc1ccc(COc2ccc(F)cc2C(C)N2C=CN(c3nccc(C(C)(C)C)c3CO[SiH](C)C)C2)cc1. The molecule has 0 saturated carbocycles. The minimum Gasteiger partial charge on any atom is -0.497 e. The van der Waals surface area contributed by atoms with Crippen LogP contribution in [0.5, 0.6) is 11.5 Å². The Morgan fingerprint density at radius 2 is 1.77 bits per heavy atom. The van der Waals surface area contributed by atoms with Gasteiger partial charge in [0.05, 0.1) is 26.4 Å². The standard InChI is InChI=1S/C31H40FN3O3Si/c1-22(26-18-24(32)10-13-29(26)37-19-23-8-11-25(36-5)12-9-23)34-16-17-35(21-34)30-27(20-38-39(6)7)28(14-15-33-30)31(2,3)4/h8-18,22,39H,19-21H2,1-7H3. The predicted octanol–water partition coefficient (Wildman–Crippen LogP) is 6.92. The van der Waals surface area contributed by atoms with Crippen molar-refractivity contribution in [2.24, 2.45) is 0 Å². The Morgan fingerprint density at radius 1 is 1.03 bits per heavy atom. The van der Waals surface area contributed by atoms with Gasteiger partial charge in [-0.15, -0.1) is 0 Å². The first-order chi connectivity index (χ1) is 18.6. The summed E-state index contributed by atoms with van der Waals surface area (Å²) in [4.78, 5) is 9.09. The van der Waals surface area contributed by atoms with Gasteiger partial charge in [0.15, 0.2) is 9.04 Å². The van der Waals surface area contributed by atoms with E-state index in [0.29, 0.717) is 25.6 Å². The summed E-state index contributed by atoms with van der Waals surface area (Å²) in [6, 6.07) is 14.4. The fourth-order valence-corrected chi connectivity index (χ4v) is 5.19. The van der Waals surface area contributed by atoms with E-state index in [0.717, 1.165) is 28.3 Å². The van der Waals surface area contributed by atoms with Crippen molar-refractivity contribution in [3.05, 3.63) is 95.2 Å². The highest BCUT2D eigenvalue weighted by Gasteiger charge is 2.28. The quantitative estimate of drug-likeness (QED) is 0.256. The van der Waals surface area contributed by atoms with Crippen molar-refractivity contribution >= 4 is 14.9 Å². The van der Waals surface area contributed by atoms with Crippen LogP contribution < -0.4 is 14.4 Å². The summed E-state index contributed by atoms with van der Waals surface area (Å²) in [6.07, 6.45) is 5.96. The number of methoxy groups -OCH3 is 1. The number of halogens is 1. The Balaban J connectivity index is 1.54. The van der Waals surface area contributed by atoms with Crippen LogP contribution in [0.2, 0.25) is 13.1 Å². The fourth-order valence-electron chi connectivity index (χ4n) is 4.69. The van der Waals surface area contributed by atoms with Crippen LogP contribution in [0.4, 0.5) is 10.2 Å². The van der Waals surface area contributed by atoms with Crippen molar-refractivity contribution < 1.29 is 18.3 Å². The fraction of sp³-hybridized carbons (Fsp3) is 0.387. The number of anilines is 1. The molecule has 2 aromatic carbocycles. The van der Waals surface area contributed by atoms with Gasteiger partial charge in [0.25, 0.3) is 0 Å². The Labute approximate surface area is 233 Å². The van der Waals surface area contributed by atoms with Crippen molar-refractivity contribution in [2.45, 2.75) is 65.5 Å². The molecule has 0 saturated heterocycles. The zero-order chi connectivity index (χ0) is 28.2. The van der Waals surface area contributed by atoms with E-state index in [1.165, 1.54) is 11.6 Å². The lowest BCUT2D eigenvalue weighted by Crippen LogP contribution is -2.30. The maximum Gasteiger partial charge on any atom is 0.171 e. The average Bonchev–Trinajstić information content (AvgIpc) is 3.40. The third kappa shape index (κ3) is 6.99. The maximum absolute atomic E-state index is 14.4. The van der Waals surface area contributed by atoms with E-state index in [1.54, 1.807) is 19.2 Å². The van der Waals surface area contributed by atoms with E-state index in [4.69, 9.17) is 18.9 Å². The van der Waals surface area contributed by atoms with Crippen LogP contribution in [0, 0.1) is 5.82 Å². The highest BCUT2D eigenvalue weighted by atomic mass is 28.3. The molecule has 1 atom stereocenters. The van der Waals surface area contributed by atoms with Gasteiger partial charge in [-0.2, -0.15) is 0 Å². The number of benzene rings is 2. The molecule has 1 unspecified atom stereocenters. The summed E-state index contributed by atoms with van der Waals surface area (Å²) >= 11 is 0. The van der Waals surface area contributed by atoms with E-state index < -0.39 is 9.04 Å². The number of hydrogen-bond acceptors (Lipinski definition) is 6. The van der Waals surface area contributed by atoms with E-state index in [1.807, 2.05) is 42.9 Å². The van der Waals surface area contributed by atoms with Crippen molar-refractivity contribution in [3.63, 3.8) is 0 Å². The van der Waals surface area contributed by atoms with Crippen LogP contribution in [-0.2, 0) is 23.1 Å². The normalized spacial score (nSPS) is 14.3. The van der Waals surface area contributed by atoms with Crippen molar-refractivity contribution in [1.29, 1.82) is 0 Å². The van der Waals surface area contributed by atoms with Gasteiger partial charge in [-0.3, -0.25) is 0 Å². The maximum atomic E-state index is 14.4.